The zero-order valence-electron chi connectivity index (χ0n) is 10.3. The standard InChI is InChI=1S/C13H18O3S/c1-10-3-4-11(16-10)8-17-9-13(5-6-13)7-12(14)15-2/h3-4H,5-9H2,1-2H3. The number of hydrogen-bond acceptors (Lipinski definition) is 4. The maximum absolute atomic E-state index is 11.3. The van der Waals surface area contributed by atoms with E-state index in [1.807, 2.05) is 30.8 Å². The summed E-state index contributed by atoms with van der Waals surface area (Å²) >= 11 is 1.84. The van der Waals surface area contributed by atoms with Crippen molar-refractivity contribution >= 4 is 17.7 Å². The van der Waals surface area contributed by atoms with E-state index in [9.17, 15) is 4.79 Å². The van der Waals surface area contributed by atoms with Crippen molar-refractivity contribution in [2.45, 2.75) is 31.9 Å². The summed E-state index contributed by atoms with van der Waals surface area (Å²) in [7, 11) is 1.46. The lowest BCUT2D eigenvalue weighted by atomic mass is 10.1. The van der Waals surface area contributed by atoms with Crippen LogP contribution in [-0.4, -0.2) is 18.8 Å². The van der Waals surface area contributed by atoms with Crippen molar-refractivity contribution in [3.63, 3.8) is 0 Å². The molecular weight excluding hydrogens is 236 g/mol. The molecule has 0 bridgehead atoms. The van der Waals surface area contributed by atoms with Gasteiger partial charge in [-0.05, 0) is 43.1 Å². The Morgan fingerprint density at radius 2 is 2.29 bits per heavy atom. The fraction of sp³-hybridized carbons (Fsp3) is 0.615. The fourth-order valence-electron chi connectivity index (χ4n) is 1.86. The number of rotatable bonds is 6. The van der Waals surface area contributed by atoms with Crippen LogP contribution in [0.3, 0.4) is 0 Å². The van der Waals surface area contributed by atoms with Gasteiger partial charge in [-0.3, -0.25) is 4.79 Å². The molecule has 0 amide bonds. The van der Waals surface area contributed by atoms with Crippen LogP contribution < -0.4 is 0 Å². The van der Waals surface area contributed by atoms with E-state index in [1.54, 1.807) is 0 Å². The van der Waals surface area contributed by atoms with Gasteiger partial charge in [-0.25, -0.2) is 0 Å². The molecule has 0 aromatic carbocycles. The van der Waals surface area contributed by atoms with Crippen LogP contribution >= 0.6 is 11.8 Å². The molecule has 1 fully saturated rings. The minimum Gasteiger partial charge on any atom is -0.469 e. The molecule has 0 saturated heterocycles. The smallest absolute Gasteiger partial charge is 0.306 e. The molecule has 94 valence electrons. The third-order valence-electron chi connectivity index (χ3n) is 3.15. The Labute approximate surface area is 106 Å². The molecule has 1 aromatic heterocycles. The van der Waals surface area contributed by atoms with Crippen LogP contribution in [0.4, 0.5) is 0 Å². The number of methoxy groups -OCH3 is 1. The number of carbonyl (C=O) groups is 1. The van der Waals surface area contributed by atoms with Gasteiger partial charge in [0.2, 0.25) is 0 Å². The van der Waals surface area contributed by atoms with E-state index in [2.05, 4.69) is 0 Å². The number of aryl methyl sites for hydroxylation is 1. The maximum atomic E-state index is 11.3. The first-order valence-corrected chi connectivity index (χ1v) is 6.99. The Hall–Kier alpha value is -0.900. The number of furan rings is 1. The highest BCUT2D eigenvalue weighted by molar-refractivity contribution is 7.98. The quantitative estimate of drug-likeness (QED) is 0.731. The topological polar surface area (TPSA) is 39.4 Å². The van der Waals surface area contributed by atoms with Crippen LogP contribution in [0.25, 0.3) is 0 Å². The molecule has 17 heavy (non-hydrogen) atoms. The van der Waals surface area contributed by atoms with E-state index in [-0.39, 0.29) is 11.4 Å². The van der Waals surface area contributed by atoms with Crippen LogP contribution in [0.2, 0.25) is 0 Å². The van der Waals surface area contributed by atoms with E-state index < -0.39 is 0 Å². The van der Waals surface area contributed by atoms with Crippen molar-refractivity contribution in [2.75, 3.05) is 12.9 Å². The van der Waals surface area contributed by atoms with Crippen molar-refractivity contribution < 1.29 is 13.9 Å². The van der Waals surface area contributed by atoms with Crippen molar-refractivity contribution in [1.82, 2.24) is 0 Å². The number of thioether (sulfide) groups is 1. The molecule has 0 atom stereocenters. The van der Waals surface area contributed by atoms with Gasteiger partial charge >= 0.3 is 5.97 Å². The minimum atomic E-state index is -0.0862. The summed E-state index contributed by atoms with van der Waals surface area (Å²) in [4.78, 5) is 11.3. The summed E-state index contributed by atoms with van der Waals surface area (Å²) in [6, 6.07) is 4.00. The fourth-order valence-corrected chi connectivity index (χ4v) is 3.14. The second-order valence-corrected chi connectivity index (χ2v) is 5.74. The van der Waals surface area contributed by atoms with Crippen molar-refractivity contribution in [2.24, 2.45) is 5.41 Å². The molecule has 1 aromatic rings. The van der Waals surface area contributed by atoms with Crippen LogP contribution in [-0.2, 0) is 15.3 Å². The first-order chi connectivity index (χ1) is 8.13. The normalized spacial score (nSPS) is 16.8. The van der Waals surface area contributed by atoms with Gasteiger partial charge in [0.1, 0.15) is 11.5 Å². The van der Waals surface area contributed by atoms with Crippen molar-refractivity contribution in [3.05, 3.63) is 23.7 Å². The third-order valence-corrected chi connectivity index (χ3v) is 4.46. The second kappa shape index (κ2) is 5.17. The molecule has 0 unspecified atom stereocenters. The number of esters is 1. The molecule has 0 radical (unpaired) electrons. The molecule has 1 heterocycles. The van der Waals surface area contributed by atoms with Gasteiger partial charge in [0.25, 0.3) is 0 Å². The van der Waals surface area contributed by atoms with Gasteiger partial charge in [0.15, 0.2) is 0 Å². The number of carbonyl (C=O) groups excluding carboxylic acids is 1. The van der Waals surface area contributed by atoms with Crippen molar-refractivity contribution in [1.29, 1.82) is 0 Å². The lowest BCUT2D eigenvalue weighted by Gasteiger charge is -2.12. The summed E-state index contributed by atoms with van der Waals surface area (Å²) < 4.78 is 10.2. The Bertz CT molecular complexity index is 393. The molecule has 1 saturated carbocycles. The highest BCUT2D eigenvalue weighted by atomic mass is 32.2. The number of ether oxygens (including phenoxy) is 1. The predicted octanol–water partition coefficient (Wildman–Crippen LogP) is 3.16. The Kier molecular flexibility index (Phi) is 3.82. The van der Waals surface area contributed by atoms with Gasteiger partial charge < -0.3 is 9.15 Å². The largest absolute Gasteiger partial charge is 0.469 e. The SMILES string of the molecule is COC(=O)CC1(CSCc2ccc(C)o2)CC1. The zero-order valence-corrected chi connectivity index (χ0v) is 11.1. The first-order valence-electron chi connectivity index (χ1n) is 5.83. The van der Waals surface area contributed by atoms with E-state index >= 15 is 0 Å². The lowest BCUT2D eigenvalue weighted by Crippen LogP contribution is -2.13. The van der Waals surface area contributed by atoms with E-state index in [1.165, 1.54) is 7.11 Å². The maximum Gasteiger partial charge on any atom is 0.306 e. The molecule has 4 heteroatoms. The van der Waals surface area contributed by atoms with Gasteiger partial charge in [-0.1, -0.05) is 0 Å². The van der Waals surface area contributed by atoms with Gasteiger partial charge in [-0.15, -0.1) is 0 Å². The molecule has 0 spiro atoms. The highest BCUT2D eigenvalue weighted by Gasteiger charge is 2.44. The lowest BCUT2D eigenvalue weighted by molar-refractivity contribution is -0.141. The molecular formula is C13H18O3S. The summed E-state index contributed by atoms with van der Waals surface area (Å²) in [5, 5.41) is 0. The summed E-state index contributed by atoms with van der Waals surface area (Å²) in [5.74, 6) is 3.79. The molecule has 0 aliphatic heterocycles. The summed E-state index contributed by atoms with van der Waals surface area (Å²) in [5.41, 5.74) is 0.208. The zero-order chi connectivity index (χ0) is 12.3. The molecule has 1 aliphatic carbocycles. The van der Waals surface area contributed by atoms with E-state index in [0.717, 1.165) is 35.9 Å². The second-order valence-electron chi connectivity index (χ2n) is 4.76. The van der Waals surface area contributed by atoms with E-state index in [4.69, 9.17) is 9.15 Å². The first kappa shape index (κ1) is 12.6. The monoisotopic (exact) mass is 254 g/mol. The molecule has 1 aliphatic rings. The average Bonchev–Trinajstić information content (AvgIpc) is 2.93. The molecule has 3 nitrogen and oxygen atoms in total. The van der Waals surface area contributed by atoms with Gasteiger partial charge in [-0.2, -0.15) is 11.8 Å². The third kappa shape index (κ3) is 3.53. The summed E-state index contributed by atoms with van der Waals surface area (Å²) in [6.45, 7) is 1.95. The van der Waals surface area contributed by atoms with Crippen LogP contribution in [0, 0.1) is 12.3 Å². The van der Waals surface area contributed by atoms with Gasteiger partial charge in [0.05, 0.1) is 19.3 Å². The van der Waals surface area contributed by atoms with E-state index in [0.29, 0.717) is 6.42 Å². The van der Waals surface area contributed by atoms with Crippen LogP contribution in [0.15, 0.2) is 16.5 Å². The Morgan fingerprint density at radius 1 is 1.53 bits per heavy atom. The van der Waals surface area contributed by atoms with Crippen LogP contribution in [0.1, 0.15) is 30.8 Å². The molecule has 2 rings (SSSR count). The summed E-state index contributed by atoms with van der Waals surface area (Å²) in [6.07, 6.45) is 2.85. The molecule has 0 N–H and O–H groups in total. The number of hydrogen-bond donors (Lipinski definition) is 0. The highest BCUT2D eigenvalue weighted by Crippen LogP contribution is 2.51. The van der Waals surface area contributed by atoms with Gasteiger partial charge in [0, 0.05) is 0 Å². The Morgan fingerprint density at radius 3 is 2.82 bits per heavy atom. The average molecular weight is 254 g/mol. The van der Waals surface area contributed by atoms with Crippen LogP contribution in [0.5, 0.6) is 0 Å². The Balaban J connectivity index is 1.73. The predicted molar refractivity (Wildman–Crippen MR) is 67.9 cm³/mol. The van der Waals surface area contributed by atoms with Crippen molar-refractivity contribution in [3.8, 4) is 0 Å². The minimum absolute atomic E-state index is 0.0862.